The maximum absolute atomic E-state index is 10.9. The molecule has 0 heterocycles. The minimum Gasteiger partial charge on any atom is -0.478 e. The molecule has 0 aliphatic carbocycles. The molecule has 5 nitrogen and oxygen atoms in total. The second kappa shape index (κ2) is 14.6. The Hall–Kier alpha value is -0.693. The van der Waals surface area contributed by atoms with Crippen molar-refractivity contribution in [2.24, 2.45) is 0 Å². The minimum atomic E-state index is -2.87. The maximum Gasteiger partial charge on any atom is 0.504 e. The molecule has 0 bridgehead atoms. The third kappa shape index (κ3) is 11.0. The fourth-order valence-corrected chi connectivity index (χ4v) is 4.14. The largest absolute Gasteiger partial charge is 0.504 e. The van der Waals surface area contributed by atoms with Gasteiger partial charge in [-0.05, 0) is 32.6 Å². The van der Waals surface area contributed by atoms with Gasteiger partial charge in [0.25, 0.3) is 0 Å². The van der Waals surface area contributed by atoms with E-state index in [2.05, 4.69) is 20.8 Å². The van der Waals surface area contributed by atoms with Gasteiger partial charge in [0.15, 0.2) is 0 Å². The molecule has 1 radical (unpaired) electrons. The van der Waals surface area contributed by atoms with Crippen LogP contribution in [0.1, 0.15) is 72.6 Å². The van der Waals surface area contributed by atoms with Gasteiger partial charge in [-0.1, -0.05) is 46.1 Å². The SMILES string of the molecule is CCCCO[Si]([CH]CC=C(C)C(=O)O)(OCCCC)OCCCC. The first-order chi connectivity index (χ1) is 11.5. The van der Waals surface area contributed by atoms with Crippen LogP contribution in [0.15, 0.2) is 11.6 Å². The Morgan fingerprint density at radius 3 is 1.67 bits per heavy atom. The van der Waals surface area contributed by atoms with Gasteiger partial charge in [0.1, 0.15) is 0 Å². The van der Waals surface area contributed by atoms with E-state index < -0.39 is 14.8 Å². The molecule has 141 valence electrons. The lowest BCUT2D eigenvalue weighted by molar-refractivity contribution is -0.132. The van der Waals surface area contributed by atoms with Crippen molar-refractivity contribution in [3.05, 3.63) is 17.7 Å². The number of unbranched alkanes of at least 4 members (excludes halogenated alkanes) is 3. The molecule has 0 saturated heterocycles. The third-order valence-electron chi connectivity index (χ3n) is 3.53. The van der Waals surface area contributed by atoms with Gasteiger partial charge in [0.05, 0.1) is 0 Å². The van der Waals surface area contributed by atoms with E-state index in [9.17, 15) is 4.79 Å². The van der Waals surface area contributed by atoms with Crippen LogP contribution >= 0.6 is 0 Å². The number of hydrogen-bond donors (Lipinski definition) is 1. The molecule has 0 fully saturated rings. The van der Waals surface area contributed by atoms with Crippen molar-refractivity contribution < 1.29 is 23.2 Å². The van der Waals surface area contributed by atoms with Crippen LogP contribution in [0.3, 0.4) is 0 Å². The summed E-state index contributed by atoms with van der Waals surface area (Å²) >= 11 is 0. The van der Waals surface area contributed by atoms with Crippen molar-refractivity contribution in [1.29, 1.82) is 0 Å². The molecular weight excluding hydrogens is 324 g/mol. The summed E-state index contributed by atoms with van der Waals surface area (Å²) in [4.78, 5) is 10.9. The van der Waals surface area contributed by atoms with Gasteiger partial charge in [-0.3, -0.25) is 0 Å². The zero-order valence-corrected chi connectivity index (χ0v) is 16.8. The number of carboxylic acid groups (broad SMARTS) is 1. The van der Waals surface area contributed by atoms with E-state index in [-0.39, 0.29) is 0 Å². The van der Waals surface area contributed by atoms with Crippen molar-refractivity contribution in [2.75, 3.05) is 19.8 Å². The van der Waals surface area contributed by atoms with Crippen molar-refractivity contribution in [1.82, 2.24) is 0 Å². The van der Waals surface area contributed by atoms with Gasteiger partial charge < -0.3 is 18.4 Å². The molecule has 6 heteroatoms. The lowest BCUT2D eigenvalue weighted by Gasteiger charge is -2.29. The Morgan fingerprint density at radius 2 is 1.33 bits per heavy atom. The molecule has 0 aromatic carbocycles. The number of carbonyl (C=O) groups is 1. The van der Waals surface area contributed by atoms with Gasteiger partial charge in [-0.15, -0.1) is 0 Å². The van der Waals surface area contributed by atoms with Crippen molar-refractivity contribution in [3.63, 3.8) is 0 Å². The maximum atomic E-state index is 10.9. The lowest BCUT2D eigenvalue weighted by Crippen LogP contribution is -2.47. The fourth-order valence-electron chi connectivity index (χ4n) is 1.85. The van der Waals surface area contributed by atoms with Crippen LogP contribution in [0.5, 0.6) is 0 Å². The summed E-state index contributed by atoms with van der Waals surface area (Å²) in [5.74, 6) is -0.902. The lowest BCUT2D eigenvalue weighted by atomic mass is 10.2. The predicted octanol–water partition coefficient (Wildman–Crippen LogP) is 4.54. The Morgan fingerprint density at radius 1 is 0.917 bits per heavy atom. The van der Waals surface area contributed by atoms with E-state index in [4.69, 9.17) is 18.4 Å². The molecule has 24 heavy (non-hydrogen) atoms. The van der Waals surface area contributed by atoms with Gasteiger partial charge in [0.2, 0.25) is 0 Å². The van der Waals surface area contributed by atoms with E-state index >= 15 is 0 Å². The second-order valence-electron chi connectivity index (χ2n) is 5.84. The fraction of sp³-hybridized carbons (Fsp3) is 0.778. The highest BCUT2D eigenvalue weighted by atomic mass is 28.4. The summed E-state index contributed by atoms with van der Waals surface area (Å²) in [5.41, 5.74) is 0.324. The zero-order chi connectivity index (χ0) is 18.3. The molecule has 0 amide bonds. The molecular formula is C18H35O5Si. The van der Waals surface area contributed by atoms with Crippen molar-refractivity contribution >= 4 is 14.8 Å². The van der Waals surface area contributed by atoms with E-state index in [0.717, 1.165) is 38.5 Å². The van der Waals surface area contributed by atoms with Crippen LogP contribution in [0, 0.1) is 6.04 Å². The quantitative estimate of drug-likeness (QED) is 0.249. The highest BCUT2D eigenvalue weighted by Crippen LogP contribution is 2.19. The average Bonchev–Trinajstić information content (AvgIpc) is 2.55. The van der Waals surface area contributed by atoms with E-state index in [1.807, 2.05) is 6.04 Å². The number of rotatable bonds is 16. The summed E-state index contributed by atoms with van der Waals surface area (Å²) in [6.45, 7) is 9.77. The molecule has 0 unspecified atom stereocenters. The van der Waals surface area contributed by atoms with Crippen LogP contribution in [-0.2, 0) is 18.1 Å². The van der Waals surface area contributed by atoms with Crippen LogP contribution in [0.2, 0.25) is 0 Å². The third-order valence-corrected chi connectivity index (χ3v) is 6.09. The molecule has 0 saturated carbocycles. The normalized spacial score (nSPS) is 12.6. The molecule has 0 rings (SSSR count). The Bertz CT molecular complexity index is 331. The van der Waals surface area contributed by atoms with Gasteiger partial charge >= 0.3 is 14.8 Å². The standard InChI is InChI=1S/C18H35O5Si/c1-5-8-13-21-24(22-14-9-6-2,23-15-10-7-3)16-11-12-17(4)18(19)20/h12,16H,5-11,13-15H2,1-4H3,(H,19,20). The topological polar surface area (TPSA) is 65.0 Å². The monoisotopic (exact) mass is 359 g/mol. The summed E-state index contributed by atoms with van der Waals surface area (Å²) in [6.07, 6.45) is 8.18. The number of carboxylic acids is 1. The molecule has 1 N–H and O–H groups in total. The first kappa shape index (κ1) is 23.3. The summed E-state index contributed by atoms with van der Waals surface area (Å²) in [5, 5.41) is 8.97. The number of hydrogen-bond acceptors (Lipinski definition) is 4. The van der Waals surface area contributed by atoms with Gasteiger partial charge in [-0.2, -0.15) is 0 Å². The van der Waals surface area contributed by atoms with E-state index in [0.29, 0.717) is 31.8 Å². The van der Waals surface area contributed by atoms with E-state index in [1.54, 1.807) is 13.0 Å². The molecule has 0 aromatic rings. The first-order valence-corrected chi connectivity index (χ1v) is 11.0. The smallest absolute Gasteiger partial charge is 0.478 e. The molecule has 0 aromatic heterocycles. The highest BCUT2D eigenvalue weighted by molar-refractivity contribution is 6.64. The van der Waals surface area contributed by atoms with Crippen LogP contribution in [0.25, 0.3) is 0 Å². The molecule has 0 aliphatic heterocycles. The Kier molecular flexibility index (Phi) is 14.2. The summed E-state index contributed by atoms with van der Waals surface area (Å²) < 4.78 is 18.2. The molecule has 0 aliphatic rings. The molecule has 0 atom stereocenters. The number of aliphatic carboxylic acids is 1. The first-order valence-electron chi connectivity index (χ1n) is 9.17. The van der Waals surface area contributed by atoms with Crippen molar-refractivity contribution in [2.45, 2.75) is 72.6 Å². The van der Waals surface area contributed by atoms with Gasteiger partial charge in [0, 0.05) is 31.4 Å². The van der Waals surface area contributed by atoms with Crippen LogP contribution < -0.4 is 0 Å². The van der Waals surface area contributed by atoms with Crippen LogP contribution in [0.4, 0.5) is 0 Å². The molecule has 0 spiro atoms. The average molecular weight is 360 g/mol. The zero-order valence-electron chi connectivity index (χ0n) is 15.8. The summed E-state index contributed by atoms with van der Waals surface area (Å²) in [7, 11) is -2.87. The highest BCUT2D eigenvalue weighted by Gasteiger charge is 2.40. The van der Waals surface area contributed by atoms with E-state index in [1.165, 1.54) is 0 Å². The van der Waals surface area contributed by atoms with Gasteiger partial charge in [-0.25, -0.2) is 4.79 Å². The number of allylic oxidation sites excluding steroid dienone is 1. The summed E-state index contributed by atoms with van der Waals surface area (Å²) in [6, 6.07) is 1.93. The Labute approximate surface area is 148 Å². The second-order valence-corrected chi connectivity index (χ2v) is 8.32. The van der Waals surface area contributed by atoms with Crippen molar-refractivity contribution in [3.8, 4) is 0 Å². The minimum absolute atomic E-state index is 0.324. The van der Waals surface area contributed by atoms with Crippen LogP contribution in [-0.4, -0.2) is 39.7 Å². The predicted molar refractivity (Wildman–Crippen MR) is 98.6 cm³/mol. The Balaban J connectivity index is 4.89.